The van der Waals surface area contributed by atoms with E-state index in [0.717, 1.165) is 19.3 Å². The standard InChI is InChI=1S/C9H18BNO/c1-4-7(2)11(3)9-6-5-8(10)12-9/h7-9H,4-6H2,1-3H3. The van der Waals surface area contributed by atoms with Gasteiger partial charge in [-0.3, -0.25) is 4.90 Å². The van der Waals surface area contributed by atoms with Crippen LogP contribution in [0, 0.1) is 0 Å². The van der Waals surface area contributed by atoms with Gasteiger partial charge in [0.1, 0.15) is 14.1 Å². The molecule has 0 aliphatic carbocycles. The molecule has 2 nitrogen and oxygen atoms in total. The quantitative estimate of drug-likeness (QED) is 0.588. The first kappa shape index (κ1) is 10.1. The summed E-state index contributed by atoms with van der Waals surface area (Å²) in [6.45, 7) is 4.41. The number of nitrogens with zero attached hydrogens (tertiary/aromatic N) is 1. The Labute approximate surface area is 76.7 Å². The Hall–Kier alpha value is -0.0151. The Morgan fingerprint density at radius 1 is 1.58 bits per heavy atom. The SMILES string of the molecule is [B]C1CCC(N(C)C(C)CC)O1. The van der Waals surface area contributed by atoms with Crippen molar-refractivity contribution in [3.63, 3.8) is 0 Å². The topological polar surface area (TPSA) is 12.5 Å². The Morgan fingerprint density at radius 3 is 2.67 bits per heavy atom. The van der Waals surface area contributed by atoms with Crippen molar-refractivity contribution in [1.29, 1.82) is 0 Å². The van der Waals surface area contributed by atoms with Crippen LogP contribution in [0.15, 0.2) is 0 Å². The molecule has 1 heterocycles. The van der Waals surface area contributed by atoms with Gasteiger partial charge in [-0.05, 0) is 33.2 Å². The van der Waals surface area contributed by atoms with Crippen molar-refractivity contribution in [2.75, 3.05) is 7.05 Å². The van der Waals surface area contributed by atoms with Crippen LogP contribution in [-0.4, -0.2) is 38.1 Å². The summed E-state index contributed by atoms with van der Waals surface area (Å²) in [5.74, 6) is 0. The van der Waals surface area contributed by atoms with Crippen LogP contribution >= 0.6 is 0 Å². The maximum absolute atomic E-state index is 5.66. The van der Waals surface area contributed by atoms with Gasteiger partial charge in [0.15, 0.2) is 0 Å². The average molecular weight is 167 g/mol. The Kier molecular flexibility index (Phi) is 3.60. The van der Waals surface area contributed by atoms with Crippen LogP contribution in [0.1, 0.15) is 33.1 Å². The Balaban J connectivity index is 2.37. The van der Waals surface area contributed by atoms with Crippen molar-refractivity contribution in [1.82, 2.24) is 4.90 Å². The molecule has 68 valence electrons. The lowest BCUT2D eigenvalue weighted by molar-refractivity contribution is -0.0360. The van der Waals surface area contributed by atoms with Crippen LogP contribution in [0.25, 0.3) is 0 Å². The third-order valence-electron chi connectivity index (χ3n) is 2.77. The number of rotatable bonds is 3. The predicted molar refractivity (Wildman–Crippen MR) is 51.2 cm³/mol. The summed E-state index contributed by atoms with van der Waals surface area (Å²) in [7, 11) is 7.76. The summed E-state index contributed by atoms with van der Waals surface area (Å²) in [5, 5.41) is 0. The van der Waals surface area contributed by atoms with Crippen molar-refractivity contribution in [2.24, 2.45) is 0 Å². The van der Waals surface area contributed by atoms with Gasteiger partial charge in [-0.15, -0.1) is 0 Å². The second kappa shape index (κ2) is 4.29. The fraction of sp³-hybridized carbons (Fsp3) is 1.00. The van der Waals surface area contributed by atoms with Gasteiger partial charge in [-0.2, -0.15) is 0 Å². The normalized spacial score (nSPS) is 32.7. The van der Waals surface area contributed by atoms with E-state index in [1.807, 2.05) is 0 Å². The smallest absolute Gasteiger partial charge is 0.109 e. The van der Waals surface area contributed by atoms with E-state index < -0.39 is 0 Å². The first-order chi connectivity index (χ1) is 5.65. The molecular weight excluding hydrogens is 149 g/mol. The second-order valence-corrected chi connectivity index (χ2v) is 3.63. The molecular formula is C9H18BNO. The van der Waals surface area contributed by atoms with Crippen LogP contribution < -0.4 is 0 Å². The third kappa shape index (κ3) is 2.24. The van der Waals surface area contributed by atoms with Crippen LogP contribution in [-0.2, 0) is 4.74 Å². The Bertz CT molecular complexity index is 142. The van der Waals surface area contributed by atoms with Crippen molar-refractivity contribution in [3.8, 4) is 0 Å². The molecule has 0 N–H and O–H groups in total. The monoisotopic (exact) mass is 167 g/mol. The number of hydrogen-bond acceptors (Lipinski definition) is 2. The molecule has 3 atom stereocenters. The molecule has 0 aromatic carbocycles. The molecule has 1 saturated heterocycles. The summed E-state index contributed by atoms with van der Waals surface area (Å²) < 4.78 is 5.55. The highest BCUT2D eigenvalue weighted by molar-refractivity contribution is 6.11. The highest BCUT2D eigenvalue weighted by atomic mass is 16.5. The summed E-state index contributed by atoms with van der Waals surface area (Å²) >= 11 is 0. The minimum Gasteiger partial charge on any atom is -0.370 e. The zero-order valence-corrected chi connectivity index (χ0v) is 8.29. The van der Waals surface area contributed by atoms with Crippen molar-refractivity contribution in [2.45, 2.75) is 51.4 Å². The molecule has 1 aliphatic rings. The minimum atomic E-state index is -0.0403. The highest BCUT2D eigenvalue weighted by Gasteiger charge is 2.26. The third-order valence-corrected chi connectivity index (χ3v) is 2.77. The van der Waals surface area contributed by atoms with E-state index in [0.29, 0.717) is 6.04 Å². The molecule has 0 aromatic rings. The minimum absolute atomic E-state index is 0.0403. The van der Waals surface area contributed by atoms with Gasteiger partial charge in [-0.25, -0.2) is 0 Å². The van der Waals surface area contributed by atoms with Gasteiger partial charge in [0.25, 0.3) is 0 Å². The maximum atomic E-state index is 5.66. The van der Waals surface area contributed by atoms with Gasteiger partial charge in [-0.1, -0.05) is 6.92 Å². The summed E-state index contributed by atoms with van der Waals surface area (Å²) in [4.78, 5) is 2.27. The number of hydrogen-bond donors (Lipinski definition) is 0. The molecule has 0 saturated carbocycles. The number of ether oxygens (including phenoxy) is 1. The molecule has 2 radical (unpaired) electrons. The van der Waals surface area contributed by atoms with E-state index in [4.69, 9.17) is 12.6 Å². The largest absolute Gasteiger partial charge is 0.370 e. The molecule has 12 heavy (non-hydrogen) atoms. The van der Waals surface area contributed by atoms with E-state index in [9.17, 15) is 0 Å². The molecule has 1 aliphatic heterocycles. The van der Waals surface area contributed by atoms with Gasteiger partial charge < -0.3 is 4.74 Å². The fourth-order valence-corrected chi connectivity index (χ4v) is 1.52. The average Bonchev–Trinajstić information content (AvgIpc) is 2.49. The fourth-order valence-electron chi connectivity index (χ4n) is 1.52. The predicted octanol–water partition coefficient (Wildman–Crippen LogP) is 1.35. The molecule has 1 fully saturated rings. The molecule has 3 unspecified atom stereocenters. The van der Waals surface area contributed by atoms with Gasteiger partial charge in [0.2, 0.25) is 0 Å². The van der Waals surface area contributed by atoms with Gasteiger partial charge >= 0.3 is 0 Å². The van der Waals surface area contributed by atoms with Crippen molar-refractivity contribution < 1.29 is 4.74 Å². The summed E-state index contributed by atoms with van der Waals surface area (Å²) in [6.07, 6.45) is 3.47. The van der Waals surface area contributed by atoms with Crippen LogP contribution in [0.3, 0.4) is 0 Å². The van der Waals surface area contributed by atoms with Crippen molar-refractivity contribution in [3.05, 3.63) is 0 Å². The summed E-state index contributed by atoms with van der Waals surface area (Å²) in [5.41, 5.74) is 0. The lowest BCUT2D eigenvalue weighted by Crippen LogP contribution is -2.38. The zero-order valence-electron chi connectivity index (χ0n) is 8.29. The van der Waals surface area contributed by atoms with E-state index in [1.54, 1.807) is 0 Å². The zero-order chi connectivity index (χ0) is 9.14. The van der Waals surface area contributed by atoms with Crippen molar-refractivity contribution >= 4 is 7.85 Å². The highest BCUT2D eigenvalue weighted by Crippen LogP contribution is 2.21. The van der Waals surface area contributed by atoms with Crippen LogP contribution in [0.5, 0.6) is 0 Å². The molecule has 0 aromatic heterocycles. The van der Waals surface area contributed by atoms with Gasteiger partial charge in [0, 0.05) is 12.0 Å². The molecule has 0 spiro atoms. The molecule has 3 heteroatoms. The van der Waals surface area contributed by atoms with Crippen LogP contribution in [0.2, 0.25) is 0 Å². The summed E-state index contributed by atoms with van der Waals surface area (Å²) in [6, 6.07) is 0.543. The van der Waals surface area contributed by atoms with Gasteiger partial charge in [0.05, 0.1) is 0 Å². The van der Waals surface area contributed by atoms with Crippen LogP contribution in [0.4, 0.5) is 0 Å². The maximum Gasteiger partial charge on any atom is 0.109 e. The van der Waals surface area contributed by atoms with E-state index in [-0.39, 0.29) is 12.2 Å². The molecule has 0 amide bonds. The first-order valence-electron chi connectivity index (χ1n) is 4.78. The lowest BCUT2D eigenvalue weighted by atomic mass is 9.98. The van der Waals surface area contributed by atoms with E-state index in [2.05, 4.69) is 25.8 Å². The molecule has 0 bridgehead atoms. The second-order valence-electron chi connectivity index (χ2n) is 3.63. The first-order valence-corrected chi connectivity index (χ1v) is 4.78. The Morgan fingerprint density at radius 2 is 2.25 bits per heavy atom. The van der Waals surface area contributed by atoms with E-state index in [1.165, 1.54) is 0 Å². The molecule has 1 rings (SSSR count). The van der Waals surface area contributed by atoms with E-state index >= 15 is 0 Å². The lowest BCUT2D eigenvalue weighted by Gasteiger charge is -2.29.